The number of amides is 1. The van der Waals surface area contributed by atoms with Gasteiger partial charge in [0.15, 0.2) is 0 Å². The maximum atomic E-state index is 11.7. The van der Waals surface area contributed by atoms with E-state index >= 15 is 0 Å². The average Bonchev–Trinajstić information content (AvgIpc) is 2.49. The van der Waals surface area contributed by atoms with E-state index in [-0.39, 0.29) is 5.56 Å². The first-order valence-electron chi connectivity index (χ1n) is 5.94. The molecule has 21 heavy (non-hydrogen) atoms. The molecule has 0 aliphatic carbocycles. The highest BCUT2D eigenvalue weighted by molar-refractivity contribution is 5.95. The van der Waals surface area contributed by atoms with E-state index in [1.165, 1.54) is 18.2 Å². The summed E-state index contributed by atoms with van der Waals surface area (Å²) >= 11 is 0. The molecule has 2 aromatic carbocycles. The van der Waals surface area contributed by atoms with Crippen LogP contribution in [0.3, 0.4) is 0 Å². The van der Waals surface area contributed by atoms with Gasteiger partial charge in [-0.2, -0.15) is 5.10 Å². The van der Waals surface area contributed by atoms with Crippen LogP contribution in [-0.4, -0.2) is 22.2 Å². The van der Waals surface area contributed by atoms with Crippen LogP contribution in [0.1, 0.15) is 15.9 Å². The van der Waals surface area contributed by atoms with Crippen LogP contribution >= 0.6 is 0 Å². The first kappa shape index (κ1) is 14.2. The number of benzene rings is 2. The van der Waals surface area contributed by atoms with Gasteiger partial charge < -0.3 is 5.11 Å². The van der Waals surface area contributed by atoms with Crippen molar-refractivity contribution in [3.05, 3.63) is 69.8 Å². The van der Waals surface area contributed by atoms with E-state index in [1.807, 2.05) is 0 Å². The molecule has 0 radical (unpaired) electrons. The van der Waals surface area contributed by atoms with Crippen molar-refractivity contribution in [2.75, 3.05) is 0 Å². The van der Waals surface area contributed by atoms with Crippen LogP contribution in [0, 0.1) is 10.1 Å². The number of para-hydroxylation sites is 1. The van der Waals surface area contributed by atoms with Gasteiger partial charge in [0.1, 0.15) is 0 Å². The minimum Gasteiger partial charge on any atom is -0.502 e. The molecule has 0 saturated heterocycles. The Kier molecular flexibility index (Phi) is 4.25. The Bertz CT molecular complexity index is 699. The number of phenolic OH excluding ortho intramolecular Hbond substituents is 1. The van der Waals surface area contributed by atoms with E-state index in [4.69, 9.17) is 0 Å². The fourth-order valence-electron chi connectivity index (χ4n) is 1.61. The van der Waals surface area contributed by atoms with Gasteiger partial charge in [-0.05, 0) is 18.2 Å². The quantitative estimate of drug-likeness (QED) is 0.509. The third kappa shape index (κ3) is 3.41. The molecule has 2 aromatic rings. The van der Waals surface area contributed by atoms with Gasteiger partial charge in [-0.15, -0.1) is 0 Å². The number of hydrogen-bond donors (Lipinski definition) is 2. The highest BCUT2D eigenvalue weighted by atomic mass is 16.6. The molecule has 7 heteroatoms. The summed E-state index contributed by atoms with van der Waals surface area (Å²) in [7, 11) is 0. The lowest BCUT2D eigenvalue weighted by Gasteiger charge is -2.01. The number of nitro groups is 1. The van der Waals surface area contributed by atoms with E-state index in [2.05, 4.69) is 10.5 Å². The molecule has 1 amide bonds. The topological polar surface area (TPSA) is 105 Å². The fourth-order valence-corrected chi connectivity index (χ4v) is 1.61. The fraction of sp³-hybridized carbons (Fsp3) is 0. The monoisotopic (exact) mass is 285 g/mol. The summed E-state index contributed by atoms with van der Waals surface area (Å²) in [6.45, 7) is 0. The van der Waals surface area contributed by atoms with Gasteiger partial charge in [-0.3, -0.25) is 14.9 Å². The van der Waals surface area contributed by atoms with Gasteiger partial charge >= 0.3 is 5.69 Å². The number of carbonyl (C=O) groups excluding carboxylic acids is 1. The van der Waals surface area contributed by atoms with E-state index in [1.54, 1.807) is 30.3 Å². The average molecular weight is 285 g/mol. The first-order valence-corrected chi connectivity index (χ1v) is 5.94. The van der Waals surface area contributed by atoms with Gasteiger partial charge in [0.2, 0.25) is 5.75 Å². The molecular weight excluding hydrogens is 274 g/mol. The number of nitro benzene ring substituents is 1. The second-order valence-electron chi connectivity index (χ2n) is 4.04. The number of aromatic hydroxyl groups is 1. The Morgan fingerprint density at radius 3 is 2.57 bits per heavy atom. The first-order chi connectivity index (χ1) is 10.1. The highest BCUT2D eigenvalue weighted by Crippen LogP contribution is 2.27. The molecule has 0 unspecified atom stereocenters. The summed E-state index contributed by atoms with van der Waals surface area (Å²) in [5, 5.41) is 24.0. The molecule has 0 aliphatic heterocycles. The predicted octanol–water partition coefficient (Wildman–Crippen LogP) is 2.06. The maximum absolute atomic E-state index is 11.7. The summed E-state index contributed by atoms with van der Waals surface area (Å²) < 4.78 is 0. The standard InChI is InChI=1S/C14H11N3O4/c18-13-11(7-4-8-12(13)17(20)21)9-15-16-14(19)10-5-2-1-3-6-10/h1-9,18H,(H,16,19). The third-order valence-corrected chi connectivity index (χ3v) is 2.65. The molecule has 106 valence electrons. The number of hydrogen-bond acceptors (Lipinski definition) is 5. The normalized spacial score (nSPS) is 10.5. The molecule has 7 nitrogen and oxygen atoms in total. The van der Waals surface area contributed by atoms with Crippen LogP contribution in [0.2, 0.25) is 0 Å². The summed E-state index contributed by atoms with van der Waals surface area (Å²) in [6.07, 6.45) is 1.14. The molecule has 0 aromatic heterocycles. The molecule has 0 saturated carbocycles. The van der Waals surface area contributed by atoms with Crippen LogP contribution < -0.4 is 5.43 Å². The highest BCUT2D eigenvalue weighted by Gasteiger charge is 2.15. The SMILES string of the molecule is O=C(NN=Cc1cccc([N+](=O)[O-])c1O)c1ccccc1. The smallest absolute Gasteiger partial charge is 0.311 e. The van der Waals surface area contributed by atoms with Crippen LogP contribution in [0.5, 0.6) is 5.75 Å². The molecule has 0 bridgehead atoms. The van der Waals surface area contributed by atoms with Gasteiger partial charge in [0.05, 0.1) is 11.1 Å². The van der Waals surface area contributed by atoms with E-state index in [0.29, 0.717) is 5.56 Å². The largest absolute Gasteiger partial charge is 0.502 e. The second kappa shape index (κ2) is 6.29. The van der Waals surface area contributed by atoms with Crippen LogP contribution in [0.15, 0.2) is 53.6 Å². The zero-order valence-corrected chi connectivity index (χ0v) is 10.8. The summed E-state index contributed by atoms with van der Waals surface area (Å²) in [5.74, 6) is -0.919. The molecule has 0 aliphatic rings. The Morgan fingerprint density at radius 2 is 1.90 bits per heavy atom. The lowest BCUT2D eigenvalue weighted by Crippen LogP contribution is -2.17. The van der Waals surface area contributed by atoms with Gasteiger partial charge in [-0.1, -0.05) is 24.3 Å². The molecular formula is C14H11N3O4. The molecule has 2 N–H and O–H groups in total. The number of rotatable bonds is 4. The Labute approximate surface area is 119 Å². The van der Waals surface area contributed by atoms with Gasteiger partial charge in [-0.25, -0.2) is 5.43 Å². The molecule has 0 atom stereocenters. The van der Waals surface area contributed by atoms with Crippen LogP contribution in [-0.2, 0) is 0 Å². The predicted molar refractivity (Wildman–Crippen MR) is 76.3 cm³/mol. The van der Waals surface area contributed by atoms with Crippen LogP contribution in [0.4, 0.5) is 5.69 Å². The molecule has 0 heterocycles. The zero-order valence-electron chi connectivity index (χ0n) is 10.8. The number of phenols is 1. The number of nitrogens with one attached hydrogen (secondary N) is 1. The van der Waals surface area contributed by atoms with E-state index in [9.17, 15) is 20.0 Å². The van der Waals surface area contributed by atoms with Crippen molar-refractivity contribution in [3.63, 3.8) is 0 Å². The minimum atomic E-state index is -0.699. The number of carbonyl (C=O) groups is 1. The van der Waals surface area contributed by atoms with Crippen molar-refractivity contribution < 1.29 is 14.8 Å². The zero-order chi connectivity index (χ0) is 15.2. The molecule has 2 rings (SSSR count). The summed E-state index contributed by atoms with van der Waals surface area (Å²) in [6, 6.07) is 12.5. The second-order valence-corrected chi connectivity index (χ2v) is 4.04. The van der Waals surface area contributed by atoms with Crippen molar-refractivity contribution in [2.45, 2.75) is 0 Å². The van der Waals surface area contributed by atoms with E-state index in [0.717, 1.165) is 6.21 Å². The lowest BCUT2D eigenvalue weighted by atomic mass is 10.2. The van der Waals surface area contributed by atoms with Gasteiger partial charge in [0, 0.05) is 17.2 Å². The minimum absolute atomic E-state index is 0.137. The van der Waals surface area contributed by atoms with Crippen molar-refractivity contribution in [3.8, 4) is 5.75 Å². The molecule has 0 spiro atoms. The Hall–Kier alpha value is -3.22. The van der Waals surface area contributed by atoms with Gasteiger partial charge in [0.25, 0.3) is 5.91 Å². The summed E-state index contributed by atoms with van der Waals surface area (Å²) in [5.41, 5.74) is 2.42. The summed E-state index contributed by atoms with van der Waals surface area (Å²) in [4.78, 5) is 21.7. The number of nitrogens with zero attached hydrogens (tertiary/aromatic N) is 2. The van der Waals surface area contributed by atoms with Crippen molar-refractivity contribution in [1.82, 2.24) is 5.43 Å². The van der Waals surface area contributed by atoms with E-state index < -0.39 is 22.3 Å². The molecule has 0 fully saturated rings. The Balaban J connectivity index is 2.10. The van der Waals surface area contributed by atoms with Crippen molar-refractivity contribution in [1.29, 1.82) is 0 Å². The lowest BCUT2D eigenvalue weighted by molar-refractivity contribution is -0.385. The third-order valence-electron chi connectivity index (χ3n) is 2.65. The van der Waals surface area contributed by atoms with Crippen molar-refractivity contribution in [2.24, 2.45) is 5.10 Å². The van der Waals surface area contributed by atoms with Crippen molar-refractivity contribution >= 4 is 17.8 Å². The maximum Gasteiger partial charge on any atom is 0.311 e. The number of hydrazone groups is 1. The Morgan fingerprint density at radius 1 is 1.19 bits per heavy atom. The van der Waals surface area contributed by atoms with Crippen LogP contribution in [0.25, 0.3) is 0 Å².